The quantitative estimate of drug-likeness (QED) is 0.491. The van der Waals surface area contributed by atoms with Crippen molar-refractivity contribution in [1.82, 2.24) is 35.0 Å². The Bertz CT molecular complexity index is 1060. The van der Waals surface area contributed by atoms with Gasteiger partial charge in [-0.05, 0) is 39.0 Å². The molecule has 3 aromatic heterocycles. The van der Waals surface area contributed by atoms with Crippen molar-refractivity contribution < 1.29 is 0 Å². The van der Waals surface area contributed by atoms with Crippen LogP contribution in [0.1, 0.15) is 44.2 Å². The van der Waals surface area contributed by atoms with Gasteiger partial charge in [-0.1, -0.05) is 0 Å². The smallest absolute Gasteiger partial charge is 0.232 e. The van der Waals surface area contributed by atoms with Crippen molar-refractivity contribution in [2.45, 2.75) is 63.6 Å². The Balaban J connectivity index is 1.36. The van der Waals surface area contributed by atoms with E-state index in [-0.39, 0.29) is 0 Å². The van der Waals surface area contributed by atoms with E-state index in [2.05, 4.69) is 46.8 Å². The zero-order valence-corrected chi connectivity index (χ0v) is 17.0. The summed E-state index contributed by atoms with van der Waals surface area (Å²) >= 11 is 0. The summed E-state index contributed by atoms with van der Waals surface area (Å²) in [4.78, 5) is 19.3. The van der Waals surface area contributed by atoms with Gasteiger partial charge in [0.2, 0.25) is 5.95 Å². The Hall–Kier alpha value is -3.19. The predicted octanol–water partition coefficient (Wildman–Crippen LogP) is 2.84. The number of aromatic nitrogens is 6. The number of H-pyrrole nitrogens is 2. The van der Waals surface area contributed by atoms with Crippen LogP contribution in [0.5, 0.6) is 0 Å². The number of anilines is 3. The zero-order chi connectivity index (χ0) is 20.5. The average Bonchev–Trinajstić information content (AvgIpc) is 3.41. The molecule has 4 N–H and O–H groups in total. The molecule has 156 valence electrons. The summed E-state index contributed by atoms with van der Waals surface area (Å²) in [6, 6.07) is 5.67. The lowest BCUT2D eigenvalue weighted by atomic mass is 9.97. The second-order valence-corrected chi connectivity index (χ2v) is 8.24. The second kappa shape index (κ2) is 7.91. The molecule has 0 aliphatic carbocycles. The minimum atomic E-state index is 0.326. The molecule has 2 aliphatic heterocycles. The molecular weight excluding hydrogens is 380 g/mol. The summed E-state index contributed by atoms with van der Waals surface area (Å²) in [5, 5.41) is 22.9. The van der Waals surface area contributed by atoms with Gasteiger partial charge in [-0.2, -0.15) is 20.3 Å². The first kappa shape index (κ1) is 18.8. The minimum Gasteiger partial charge on any atom is -0.365 e. The number of imidazole rings is 1. The molecule has 0 radical (unpaired) electrons. The molecule has 1 unspecified atom stereocenters. The van der Waals surface area contributed by atoms with Gasteiger partial charge in [0.05, 0.1) is 12.4 Å². The highest BCUT2D eigenvalue weighted by molar-refractivity contribution is 5.84. The number of hydrogen-bond donors (Lipinski definition) is 4. The van der Waals surface area contributed by atoms with Crippen molar-refractivity contribution >= 4 is 28.7 Å². The largest absolute Gasteiger partial charge is 0.365 e. The van der Waals surface area contributed by atoms with Crippen LogP contribution < -0.4 is 10.6 Å². The zero-order valence-electron chi connectivity index (χ0n) is 17.0. The van der Waals surface area contributed by atoms with Crippen LogP contribution in [0.15, 0.2) is 12.4 Å². The Labute approximate surface area is 174 Å². The van der Waals surface area contributed by atoms with Gasteiger partial charge in [0, 0.05) is 42.9 Å². The maximum atomic E-state index is 9.00. The summed E-state index contributed by atoms with van der Waals surface area (Å²) in [5.41, 5.74) is 2.40. The van der Waals surface area contributed by atoms with Crippen molar-refractivity contribution in [3.8, 4) is 6.07 Å². The summed E-state index contributed by atoms with van der Waals surface area (Å²) in [5.74, 6) is 1.90. The third-order valence-corrected chi connectivity index (χ3v) is 6.23. The number of aryl methyl sites for hydroxylation is 1. The fraction of sp³-hybridized carbons (Fsp3) is 0.550. The first-order valence-corrected chi connectivity index (χ1v) is 10.6. The fourth-order valence-electron chi connectivity index (χ4n) is 4.88. The van der Waals surface area contributed by atoms with Crippen molar-refractivity contribution in [1.29, 1.82) is 5.26 Å². The molecule has 2 aliphatic rings. The molecule has 0 aromatic carbocycles. The van der Waals surface area contributed by atoms with Gasteiger partial charge in [-0.15, -0.1) is 0 Å². The van der Waals surface area contributed by atoms with Crippen molar-refractivity contribution in [3.05, 3.63) is 18.1 Å². The van der Waals surface area contributed by atoms with Crippen molar-refractivity contribution in [3.63, 3.8) is 0 Å². The van der Waals surface area contributed by atoms with Crippen molar-refractivity contribution in [2.24, 2.45) is 0 Å². The molecule has 2 fully saturated rings. The molecule has 2 saturated heterocycles. The molecule has 30 heavy (non-hydrogen) atoms. The Kier molecular flexibility index (Phi) is 4.96. The first-order chi connectivity index (χ1) is 14.7. The standard InChI is InChI=1S/C20H26N10/c1-12-9-16(29-28-12)25-20-26-18-17(22-11-23-18)19(27-20)24-13-3-4-14-5-6-15(10-13)30(14)8-2-7-21/h9,11,13-15H,2-6,8,10H2,1H3,(H4,22,23,24,25,26,27,28,29)/t13-,14?,15+/m1/s1. The maximum absolute atomic E-state index is 9.00. The SMILES string of the molecule is Cc1cc(Nc2nc(N[C@@H]3CCC4CC[C@@H](C3)N4CCC#N)c3[nH]cnc3n2)n[nH]1. The van der Waals surface area contributed by atoms with Crippen LogP contribution >= 0.6 is 0 Å². The van der Waals surface area contributed by atoms with E-state index in [1.165, 1.54) is 12.8 Å². The lowest BCUT2D eigenvalue weighted by Gasteiger charge is -2.27. The van der Waals surface area contributed by atoms with Crippen LogP contribution in [0.2, 0.25) is 0 Å². The molecule has 3 aromatic rings. The van der Waals surface area contributed by atoms with Gasteiger partial charge in [-0.3, -0.25) is 10.00 Å². The summed E-state index contributed by atoms with van der Waals surface area (Å²) in [6.07, 6.45) is 8.00. The highest BCUT2D eigenvalue weighted by atomic mass is 15.3. The number of nitrogens with one attached hydrogen (secondary N) is 4. The minimum absolute atomic E-state index is 0.326. The molecule has 2 bridgehead atoms. The van der Waals surface area contributed by atoms with E-state index in [4.69, 9.17) is 10.2 Å². The lowest BCUT2D eigenvalue weighted by Crippen LogP contribution is -2.36. The number of fused-ring (bicyclic) bond motifs is 3. The van der Waals surface area contributed by atoms with Crippen molar-refractivity contribution in [2.75, 3.05) is 17.2 Å². The second-order valence-electron chi connectivity index (χ2n) is 8.24. The van der Waals surface area contributed by atoms with E-state index < -0.39 is 0 Å². The van der Waals surface area contributed by atoms with Crippen LogP contribution in [-0.4, -0.2) is 59.7 Å². The van der Waals surface area contributed by atoms with E-state index in [1.807, 2.05) is 13.0 Å². The molecule has 3 atom stereocenters. The van der Waals surface area contributed by atoms with E-state index in [1.54, 1.807) is 6.33 Å². The van der Waals surface area contributed by atoms with E-state index in [0.717, 1.165) is 42.8 Å². The van der Waals surface area contributed by atoms with Gasteiger partial charge in [0.25, 0.3) is 0 Å². The number of rotatable bonds is 6. The Morgan fingerprint density at radius 1 is 1.23 bits per heavy atom. The molecule has 10 nitrogen and oxygen atoms in total. The number of nitrogens with zero attached hydrogens (tertiary/aromatic N) is 6. The monoisotopic (exact) mass is 406 g/mol. The molecule has 5 rings (SSSR count). The van der Waals surface area contributed by atoms with Gasteiger partial charge in [0.15, 0.2) is 17.3 Å². The van der Waals surface area contributed by atoms with Crippen LogP contribution in [0.4, 0.5) is 17.6 Å². The number of aromatic amines is 2. The van der Waals surface area contributed by atoms with Gasteiger partial charge in [-0.25, -0.2) is 4.98 Å². The third kappa shape index (κ3) is 3.68. The molecule has 0 spiro atoms. The summed E-state index contributed by atoms with van der Waals surface area (Å²) in [7, 11) is 0. The number of nitriles is 1. The summed E-state index contributed by atoms with van der Waals surface area (Å²) in [6.45, 7) is 2.83. The first-order valence-electron chi connectivity index (χ1n) is 10.6. The van der Waals surface area contributed by atoms with Gasteiger partial charge in [0.1, 0.15) is 5.52 Å². The molecule has 10 heteroatoms. The average molecular weight is 406 g/mol. The Morgan fingerprint density at radius 3 is 2.93 bits per heavy atom. The normalized spacial score (nSPS) is 23.9. The third-order valence-electron chi connectivity index (χ3n) is 6.23. The lowest BCUT2D eigenvalue weighted by molar-refractivity contribution is 0.198. The van der Waals surface area contributed by atoms with Gasteiger partial charge < -0.3 is 15.6 Å². The molecular formula is C20H26N10. The number of hydrogen-bond acceptors (Lipinski definition) is 8. The molecule has 5 heterocycles. The van der Waals surface area contributed by atoms with Crippen LogP contribution in [-0.2, 0) is 0 Å². The van der Waals surface area contributed by atoms with E-state index in [0.29, 0.717) is 42.0 Å². The van der Waals surface area contributed by atoms with Crippen LogP contribution in [0, 0.1) is 18.3 Å². The summed E-state index contributed by atoms with van der Waals surface area (Å²) < 4.78 is 0. The van der Waals surface area contributed by atoms with E-state index >= 15 is 0 Å². The maximum Gasteiger partial charge on any atom is 0.232 e. The van der Waals surface area contributed by atoms with Crippen LogP contribution in [0.25, 0.3) is 11.2 Å². The Morgan fingerprint density at radius 2 is 2.10 bits per heavy atom. The highest BCUT2D eigenvalue weighted by Crippen LogP contribution is 2.35. The van der Waals surface area contributed by atoms with Gasteiger partial charge >= 0.3 is 0 Å². The fourth-order valence-corrected chi connectivity index (χ4v) is 4.88. The van der Waals surface area contributed by atoms with Crippen LogP contribution in [0.3, 0.4) is 0 Å². The molecule has 0 amide bonds. The van der Waals surface area contributed by atoms with E-state index in [9.17, 15) is 0 Å². The molecule has 0 saturated carbocycles. The highest BCUT2D eigenvalue weighted by Gasteiger charge is 2.37. The predicted molar refractivity (Wildman–Crippen MR) is 113 cm³/mol. The topological polar surface area (TPSA) is 134 Å².